The molecule has 1 heterocycles. The molecule has 0 spiro atoms. The van der Waals surface area contributed by atoms with Gasteiger partial charge in [0.1, 0.15) is 0 Å². The molecule has 0 bridgehead atoms. The lowest BCUT2D eigenvalue weighted by Crippen LogP contribution is -2.53. The standard InChI is InChI=1S/C29H38N4O2/c1-32(2)29(17-7-4-8-18-29)22-30-27(34)25-13-11-23(12-14-25)21-24-15-19-33(20-16-24)28(35)31-26-9-5-3-6-10-26/h3,5-6,9-14,21H,4,7-8,15-20,22H2,1-2H3,(H,30,34)(H,31,35). The smallest absolute Gasteiger partial charge is 0.321 e. The molecule has 2 N–H and O–H groups in total. The van der Waals surface area contributed by atoms with E-state index in [1.165, 1.54) is 24.8 Å². The van der Waals surface area contributed by atoms with E-state index in [0.717, 1.165) is 36.9 Å². The summed E-state index contributed by atoms with van der Waals surface area (Å²) in [5.74, 6) is -0.00580. The Morgan fingerprint density at radius 3 is 2.23 bits per heavy atom. The minimum atomic E-state index is -0.0464. The average molecular weight is 475 g/mol. The third-order valence-electron chi connectivity index (χ3n) is 7.57. The molecule has 1 saturated heterocycles. The summed E-state index contributed by atoms with van der Waals surface area (Å²) in [4.78, 5) is 29.5. The number of rotatable bonds is 6. The molecule has 0 atom stereocenters. The highest BCUT2D eigenvalue weighted by atomic mass is 16.2. The Balaban J connectivity index is 1.27. The molecule has 1 aliphatic heterocycles. The molecule has 1 saturated carbocycles. The van der Waals surface area contributed by atoms with E-state index >= 15 is 0 Å². The molecule has 2 aromatic carbocycles. The molecule has 2 aliphatic rings. The van der Waals surface area contributed by atoms with Crippen LogP contribution in [0.3, 0.4) is 0 Å². The topological polar surface area (TPSA) is 64.7 Å². The van der Waals surface area contributed by atoms with Crippen molar-refractivity contribution in [3.05, 3.63) is 71.3 Å². The minimum absolute atomic E-state index is 0.00580. The molecular weight excluding hydrogens is 436 g/mol. The maximum atomic E-state index is 12.8. The first-order valence-corrected chi connectivity index (χ1v) is 12.8. The van der Waals surface area contributed by atoms with Crippen molar-refractivity contribution in [2.75, 3.05) is 39.0 Å². The number of carbonyl (C=O) groups is 2. The van der Waals surface area contributed by atoms with Crippen LogP contribution < -0.4 is 10.6 Å². The molecule has 4 rings (SSSR count). The van der Waals surface area contributed by atoms with Crippen LogP contribution in [-0.2, 0) is 0 Å². The highest BCUT2D eigenvalue weighted by Crippen LogP contribution is 2.31. The lowest BCUT2D eigenvalue weighted by molar-refractivity contribution is 0.0799. The zero-order chi connectivity index (χ0) is 24.7. The zero-order valence-corrected chi connectivity index (χ0v) is 21.1. The number of carbonyl (C=O) groups excluding carboxylic acids is 2. The van der Waals surface area contributed by atoms with Gasteiger partial charge in [0.25, 0.3) is 5.91 Å². The van der Waals surface area contributed by atoms with Crippen molar-refractivity contribution in [1.82, 2.24) is 15.1 Å². The second kappa shape index (κ2) is 11.5. The van der Waals surface area contributed by atoms with Crippen LogP contribution in [0.5, 0.6) is 0 Å². The molecule has 2 fully saturated rings. The maximum Gasteiger partial charge on any atom is 0.321 e. The summed E-state index contributed by atoms with van der Waals surface area (Å²) in [6.07, 6.45) is 9.93. The van der Waals surface area contributed by atoms with Gasteiger partial charge in [0.2, 0.25) is 0 Å². The second-order valence-electron chi connectivity index (χ2n) is 10.1. The van der Waals surface area contributed by atoms with Crippen LogP contribution >= 0.6 is 0 Å². The number of urea groups is 1. The number of likely N-dealkylation sites (tertiary alicyclic amines) is 1. The van der Waals surface area contributed by atoms with Crippen LogP contribution in [0.2, 0.25) is 0 Å². The molecule has 1 aliphatic carbocycles. The van der Waals surface area contributed by atoms with Gasteiger partial charge in [0.15, 0.2) is 0 Å². The summed E-state index contributed by atoms with van der Waals surface area (Å²) < 4.78 is 0. The molecule has 186 valence electrons. The highest BCUT2D eigenvalue weighted by molar-refractivity contribution is 5.94. The molecule has 35 heavy (non-hydrogen) atoms. The van der Waals surface area contributed by atoms with Crippen molar-refractivity contribution in [2.24, 2.45) is 0 Å². The highest BCUT2D eigenvalue weighted by Gasteiger charge is 2.34. The quantitative estimate of drug-likeness (QED) is 0.590. The third kappa shape index (κ3) is 6.51. The van der Waals surface area contributed by atoms with Crippen molar-refractivity contribution < 1.29 is 9.59 Å². The van der Waals surface area contributed by atoms with Gasteiger partial charge in [-0.25, -0.2) is 4.79 Å². The maximum absolute atomic E-state index is 12.8. The Morgan fingerprint density at radius 1 is 0.943 bits per heavy atom. The van der Waals surface area contributed by atoms with Gasteiger partial charge >= 0.3 is 6.03 Å². The molecule has 0 aromatic heterocycles. The fourth-order valence-electron chi connectivity index (χ4n) is 5.17. The van der Waals surface area contributed by atoms with E-state index in [1.807, 2.05) is 59.5 Å². The Labute approximate surface area is 209 Å². The van der Waals surface area contributed by atoms with Crippen molar-refractivity contribution in [3.63, 3.8) is 0 Å². The van der Waals surface area contributed by atoms with E-state index in [1.54, 1.807) is 0 Å². The second-order valence-corrected chi connectivity index (χ2v) is 10.1. The molecule has 6 nitrogen and oxygen atoms in total. The van der Waals surface area contributed by atoms with E-state index in [-0.39, 0.29) is 17.5 Å². The number of benzene rings is 2. The average Bonchev–Trinajstić information content (AvgIpc) is 2.89. The van der Waals surface area contributed by atoms with E-state index in [2.05, 4.69) is 35.7 Å². The summed E-state index contributed by atoms with van der Waals surface area (Å²) >= 11 is 0. The predicted molar refractivity (Wildman–Crippen MR) is 143 cm³/mol. The van der Waals surface area contributed by atoms with Gasteiger partial charge in [-0.15, -0.1) is 0 Å². The number of likely N-dealkylation sites (N-methyl/N-ethyl adjacent to an activating group) is 1. The van der Waals surface area contributed by atoms with E-state index in [4.69, 9.17) is 0 Å². The monoisotopic (exact) mass is 474 g/mol. The van der Waals surface area contributed by atoms with Gasteiger partial charge in [-0.3, -0.25) is 4.79 Å². The summed E-state index contributed by atoms with van der Waals surface area (Å²) in [5.41, 5.74) is 4.01. The Bertz CT molecular complexity index is 1010. The number of nitrogens with one attached hydrogen (secondary N) is 2. The number of nitrogens with zero attached hydrogens (tertiary/aromatic N) is 2. The van der Waals surface area contributed by atoms with Gasteiger partial charge in [-0.05, 0) is 69.6 Å². The van der Waals surface area contributed by atoms with Crippen molar-refractivity contribution in [2.45, 2.75) is 50.5 Å². The zero-order valence-electron chi connectivity index (χ0n) is 21.1. The van der Waals surface area contributed by atoms with Gasteiger partial charge in [-0.1, -0.05) is 61.2 Å². The molecule has 6 heteroatoms. The summed E-state index contributed by atoms with van der Waals surface area (Å²) in [5, 5.41) is 6.14. The molecule has 2 aromatic rings. The van der Waals surface area contributed by atoms with Gasteiger partial charge in [0, 0.05) is 36.4 Å². The summed E-state index contributed by atoms with van der Waals surface area (Å²) in [6.45, 7) is 2.11. The van der Waals surface area contributed by atoms with E-state index < -0.39 is 0 Å². The number of piperidine rings is 1. The van der Waals surface area contributed by atoms with Gasteiger partial charge < -0.3 is 20.4 Å². The first-order valence-electron chi connectivity index (χ1n) is 12.8. The Morgan fingerprint density at radius 2 is 1.60 bits per heavy atom. The fourth-order valence-corrected chi connectivity index (χ4v) is 5.17. The minimum Gasteiger partial charge on any atom is -0.350 e. The Kier molecular flexibility index (Phi) is 8.24. The first kappa shape index (κ1) is 25.0. The van der Waals surface area contributed by atoms with E-state index in [9.17, 15) is 9.59 Å². The number of hydrogen-bond donors (Lipinski definition) is 2. The van der Waals surface area contributed by atoms with E-state index in [0.29, 0.717) is 25.2 Å². The lowest BCUT2D eigenvalue weighted by atomic mass is 9.80. The van der Waals surface area contributed by atoms with Crippen LogP contribution in [0.1, 0.15) is 60.9 Å². The number of para-hydroxylation sites is 1. The molecule has 3 amide bonds. The fraction of sp³-hybridized carbons (Fsp3) is 0.448. The van der Waals surface area contributed by atoms with Crippen LogP contribution in [0.4, 0.5) is 10.5 Å². The van der Waals surface area contributed by atoms with Gasteiger partial charge in [0.05, 0.1) is 0 Å². The number of amides is 3. The van der Waals surface area contributed by atoms with Gasteiger partial charge in [-0.2, -0.15) is 0 Å². The summed E-state index contributed by atoms with van der Waals surface area (Å²) in [7, 11) is 4.25. The molecule has 0 unspecified atom stereocenters. The largest absolute Gasteiger partial charge is 0.350 e. The third-order valence-corrected chi connectivity index (χ3v) is 7.57. The summed E-state index contributed by atoms with van der Waals surface area (Å²) in [6, 6.07) is 17.4. The van der Waals surface area contributed by atoms with Crippen LogP contribution in [0.25, 0.3) is 6.08 Å². The SMILES string of the molecule is CN(C)C1(CNC(=O)c2ccc(C=C3CCN(C(=O)Nc4ccccc4)CC3)cc2)CCCCC1. The molecule has 0 radical (unpaired) electrons. The lowest BCUT2D eigenvalue weighted by Gasteiger charge is -2.43. The normalized spacial score (nSPS) is 17.7. The Hall–Kier alpha value is -3.12. The van der Waals surface area contributed by atoms with Crippen LogP contribution in [-0.4, -0.2) is 61.0 Å². The van der Waals surface area contributed by atoms with Crippen LogP contribution in [0, 0.1) is 0 Å². The van der Waals surface area contributed by atoms with Crippen molar-refractivity contribution in [3.8, 4) is 0 Å². The molecular formula is C29H38N4O2. The van der Waals surface area contributed by atoms with Crippen molar-refractivity contribution >= 4 is 23.7 Å². The predicted octanol–water partition coefficient (Wildman–Crippen LogP) is 5.39. The number of anilines is 1. The van der Waals surface area contributed by atoms with Crippen molar-refractivity contribution in [1.29, 1.82) is 0 Å². The number of hydrogen-bond acceptors (Lipinski definition) is 3. The first-order chi connectivity index (χ1) is 16.9. The van der Waals surface area contributed by atoms with Crippen LogP contribution in [0.15, 0.2) is 60.2 Å².